The maximum atomic E-state index is 11.7. The molecule has 0 bridgehead atoms. The van der Waals surface area contributed by atoms with Gasteiger partial charge in [-0.15, -0.1) is 0 Å². The standard InChI is InChI=1S/C12H10BrNO4/c1-14-11(15)8-4-6-3-7(13)5-9(17-2)10(6)18-12(8)16/h3-5H,1-2H3,(H,14,15). The third kappa shape index (κ3) is 2.11. The molecule has 2 aromatic rings. The molecule has 94 valence electrons. The molecular weight excluding hydrogens is 302 g/mol. The van der Waals surface area contributed by atoms with E-state index < -0.39 is 11.5 Å². The third-order valence-corrected chi connectivity index (χ3v) is 2.91. The largest absolute Gasteiger partial charge is 0.493 e. The highest BCUT2D eigenvalue weighted by Crippen LogP contribution is 2.29. The average Bonchev–Trinajstić information content (AvgIpc) is 2.36. The zero-order valence-electron chi connectivity index (χ0n) is 9.74. The van der Waals surface area contributed by atoms with Gasteiger partial charge in [0.1, 0.15) is 5.56 Å². The van der Waals surface area contributed by atoms with Crippen molar-refractivity contribution in [3.63, 3.8) is 0 Å². The minimum absolute atomic E-state index is 0.0369. The van der Waals surface area contributed by atoms with E-state index in [4.69, 9.17) is 9.15 Å². The van der Waals surface area contributed by atoms with Crippen LogP contribution in [0.25, 0.3) is 11.0 Å². The van der Waals surface area contributed by atoms with Gasteiger partial charge in [-0.1, -0.05) is 15.9 Å². The van der Waals surface area contributed by atoms with Crippen molar-refractivity contribution in [3.8, 4) is 5.75 Å². The van der Waals surface area contributed by atoms with Crippen LogP contribution in [0.4, 0.5) is 0 Å². The predicted octanol–water partition coefficient (Wildman–Crippen LogP) is 1.92. The molecule has 0 radical (unpaired) electrons. The molecule has 18 heavy (non-hydrogen) atoms. The topological polar surface area (TPSA) is 68.5 Å². The molecule has 0 aliphatic carbocycles. The van der Waals surface area contributed by atoms with Crippen LogP contribution in [0.1, 0.15) is 10.4 Å². The van der Waals surface area contributed by atoms with E-state index in [9.17, 15) is 9.59 Å². The van der Waals surface area contributed by atoms with Crippen molar-refractivity contribution in [2.75, 3.05) is 14.2 Å². The van der Waals surface area contributed by atoms with E-state index in [0.717, 1.165) is 4.47 Å². The Labute approximate surface area is 111 Å². The summed E-state index contributed by atoms with van der Waals surface area (Å²) in [6.07, 6.45) is 0. The minimum Gasteiger partial charge on any atom is -0.493 e. The summed E-state index contributed by atoms with van der Waals surface area (Å²) in [6, 6.07) is 4.91. The van der Waals surface area contributed by atoms with Crippen LogP contribution in [0.5, 0.6) is 5.75 Å². The van der Waals surface area contributed by atoms with Gasteiger partial charge in [-0.2, -0.15) is 0 Å². The molecular formula is C12H10BrNO4. The van der Waals surface area contributed by atoms with Gasteiger partial charge in [0, 0.05) is 16.9 Å². The zero-order valence-corrected chi connectivity index (χ0v) is 11.3. The average molecular weight is 312 g/mol. The first kappa shape index (κ1) is 12.6. The zero-order chi connectivity index (χ0) is 13.3. The number of nitrogens with one attached hydrogen (secondary N) is 1. The summed E-state index contributed by atoms with van der Waals surface area (Å²) in [6.45, 7) is 0. The number of halogens is 1. The van der Waals surface area contributed by atoms with Crippen molar-refractivity contribution in [3.05, 3.63) is 38.7 Å². The molecule has 0 saturated heterocycles. The number of hydrogen-bond acceptors (Lipinski definition) is 4. The van der Waals surface area contributed by atoms with Crippen LogP contribution in [-0.4, -0.2) is 20.1 Å². The maximum absolute atomic E-state index is 11.7. The van der Waals surface area contributed by atoms with Gasteiger partial charge in [0.15, 0.2) is 11.3 Å². The smallest absolute Gasteiger partial charge is 0.349 e. The van der Waals surface area contributed by atoms with Gasteiger partial charge >= 0.3 is 5.63 Å². The molecule has 0 spiro atoms. The Hall–Kier alpha value is -1.82. The van der Waals surface area contributed by atoms with Gasteiger partial charge in [-0.3, -0.25) is 4.79 Å². The second kappa shape index (κ2) is 4.81. The second-order valence-electron chi connectivity index (χ2n) is 3.55. The van der Waals surface area contributed by atoms with Crippen LogP contribution in [0.2, 0.25) is 0 Å². The van der Waals surface area contributed by atoms with Gasteiger partial charge < -0.3 is 14.5 Å². The highest BCUT2D eigenvalue weighted by molar-refractivity contribution is 9.10. The first-order chi connectivity index (χ1) is 8.56. The summed E-state index contributed by atoms with van der Waals surface area (Å²) in [5.74, 6) is -0.0514. The fourth-order valence-electron chi connectivity index (χ4n) is 1.61. The van der Waals surface area contributed by atoms with Crippen molar-refractivity contribution in [1.82, 2.24) is 5.32 Å². The Morgan fingerprint density at radius 2 is 2.11 bits per heavy atom. The molecule has 0 atom stereocenters. The SMILES string of the molecule is CNC(=O)c1cc2cc(Br)cc(OC)c2oc1=O. The lowest BCUT2D eigenvalue weighted by atomic mass is 10.1. The first-order valence-electron chi connectivity index (χ1n) is 5.10. The molecule has 0 unspecified atom stereocenters. The molecule has 2 rings (SSSR count). The van der Waals surface area contributed by atoms with Crippen molar-refractivity contribution >= 4 is 32.8 Å². The summed E-state index contributed by atoms with van der Waals surface area (Å²) >= 11 is 3.32. The van der Waals surface area contributed by atoms with Crippen LogP contribution in [-0.2, 0) is 0 Å². The van der Waals surface area contributed by atoms with Crippen molar-refractivity contribution in [2.45, 2.75) is 0 Å². The number of methoxy groups -OCH3 is 1. The summed E-state index contributed by atoms with van der Waals surface area (Å²) in [5, 5.41) is 3.00. The number of benzene rings is 1. The second-order valence-corrected chi connectivity index (χ2v) is 4.47. The molecule has 1 amide bonds. The number of ether oxygens (including phenoxy) is 1. The molecule has 5 nitrogen and oxygen atoms in total. The normalized spacial score (nSPS) is 10.4. The molecule has 0 aliphatic rings. The Morgan fingerprint density at radius 1 is 1.39 bits per heavy atom. The monoisotopic (exact) mass is 311 g/mol. The lowest BCUT2D eigenvalue weighted by Crippen LogP contribution is -2.24. The van der Waals surface area contributed by atoms with Crippen molar-refractivity contribution < 1.29 is 13.9 Å². The van der Waals surface area contributed by atoms with E-state index in [0.29, 0.717) is 16.7 Å². The van der Waals surface area contributed by atoms with E-state index in [-0.39, 0.29) is 5.56 Å². The van der Waals surface area contributed by atoms with Gasteiger partial charge in [0.05, 0.1) is 7.11 Å². The lowest BCUT2D eigenvalue weighted by Gasteiger charge is -2.06. The summed E-state index contributed by atoms with van der Waals surface area (Å²) < 4.78 is 11.0. The fraction of sp³-hybridized carbons (Fsp3) is 0.167. The van der Waals surface area contributed by atoms with Gasteiger partial charge in [0.25, 0.3) is 5.91 Å². The lowest BCUT2D eigenvalue weighted by molar-refractivity contribution is 0.0959. The Bertz CT molecular complexity index is 678. The van der Waals surface area contributed by atoms with Crippen LogP contribution < -0.4 is 15.7 Å². The quantitative estimate of drug-likeness (QED) is 0.860. The third-order valence-electron chi connectivity index (χ3n) is 2.45. The molecule has 0 aliphatic heterocycles. The summed E-state index contributed by atoms with van der Waals surface area (Å²) in [7, 11) is 2.93. The van der Waals surface area contributed by atoms with E-state index in [1.54, 1.807) is 12.1 Å². The number of carbonyl (C=O) groups is 1. The highest BCUT2D eigenvalue weighted by atomic mass is 79.9. The van der Waals surface area contributed by atoms with E-state index in [2.05, 4.69) is 21.2 Å². The Kier molecular flexibility index (Phi) is 3.38. The summed E-state index contributed by atoms with van der Waals surface area (Å²) in [5.41, 5.74) is -0.411. The molecule has 0 fully saturated rings. The first-order valence-corrected chi connectivity index (χ1v) is 5.89. The van der Waals surface area contributed by atoms with Crippen LogP contribution in [0, 0.1) is 0 Å². The van der Waals surface area contributed by atoms with Gasteiger partial charge in [-0.05, 0) is 18.2 Å². The fourth-order valence-corrected chi connectivity index (χ4v) is 2.07. The number of rotatable bonds is 2. The van der Waals surface area contributed by atoms with Crippen molar-refractivity contribution in [2.24, 2.45) is 0 Å². The molecule has 1 aromatic carbocycles. The number of amides is 1. The molecule has 0 saturated carbocycles. The minimum atomic E-state index is -0.692. The number of carbonyl (C=O) groups excluding carboxylic acids is 1. The molecule has 1 heterocycles. The van der Waals surface area contributed by atoms with Gasteiger partial charge in [-0.25, -0.2) is 4.79 Å². The van der Waals surface area contributed by atoms with Crippen LogP contribution in [0.15, 0.2) is 31.9 Å². The number of fused-ring (bicyclic) bond motifs is 1. The van der Waals surface area contributed by atoms with E-state index in [1.165, 1.54) is 20.2 Å². The number of hydrogen-bond donors (Lipinski definition) is 1. The Balaban J connectivity index is 2.79. The maximum Gasteiger partial charge on any atom is 0.349 e. The van der Waals surface area contributed by atoms with Gasteiger partial charge in [0.2, 0.25) is 0 Å². The van der Waals surface area contributed by atoms with E-state index >= 15 is 0 Å². The highest BCUT2D eigenvalue weighted by Gasteiger charge is 2.14. The summed E-state index contributed by atoms with van der Waals surface area (Å²) in [4.78, 5) is 23.2. The van der Waals surface area contributed by atoms with Crippen LogP contribution >= 0.6 is 15.9 Å². The predicted molar refractivity (Wildman–Crippen MR) is 70.1 cm³/mol. The van der Waals surface area contributed by atoms with Crippen molar-refractivity contribution in [1.29, 1.82) is 0 Å². The van der Waals surface area contributed by atoms with E-state index in [1.807, 2.05) is 0 Å². The molecule has 1 N–H and O–H groups in total. The Morgan fingerprint density at radius 3 is 2.72 bits per heavy atom. The molecule has 1 aromatic heterocycles. The van der Waals surface area contributed by atoms with Crippen LogP contribution in [0.3, 0.4) is 0 Å². The molecule has 6 heteroatoms.